The van der Waals surface area contributed by atoms with Crippen molar-refractivity contribution in [3.63, 3.8) is 0 Å². The number of carboxylic acids is 1. The first kappa shape index (κ1) is 16.3. The molecule has 3 heterocycles. The molecule has 4 rings (SSSR count). The van der Waals surface area contributed by atoms with Crippen LogP contribution >= 0.6 is 0 Å². The van der Waals surface area contributed by atoms with Crippen molar-refractivity contribution >= 4 is 17.5 Å². The first-order chi connectivity index (χ1) is 12.5. The van der Waals surface area contributed by atoms with Crippen molar-refractivity contribution in [3.8, 4) is 0 Å². The van der Waals surface area contributed by atoms with Crippen LogP contribution in [0.2, 0.25) is 0 Å². The van der Waals surface area contributed by atoms with Gasteiger partial charge in [-0.3, -0.25) is 4.79 Å². The van der Waals surface area contributed by atoms with Crippen molar-refractivity contribution < 1.29 is 14.7 Å². The standard InChI is InChI=1S/C20H19N3O3/c1-13-5-4-8-18-21-17(12-23(13)18)19(24)22-10-9-14(11-22)15-6-2-3-7-16(15)20(25)26/h2-8,12,14H,9-11H2,1H3,(H,25,26). The van der Waals surface area contributed by atoms with Gasteiger partial charge < -0.3 is 14.4 Å². The molecule has 6 heteroatoms. The van der Waals surface area contributed by atoms with Crippen molar-refractivity contribution in [2.45, 2.75) is 19.3 Å². The maximum Gasteiger partial charge on any atom is 0.335 e. The van der Waals surface area contributed by atoms with Crippen molar-refractivity contribution in [1.29, 1.82) is 0 Å². The van der Waals surface area contributed by atoms with Gasteiger partial charge in [0.15, 0.2) is 0 Å². The molecule has 26 heavy (non-hydrogen) atoms. The predicted octanol–water partition coefficient (Wildman–Crippen LogP) is 2.97. The van der Waals surface area contributed by atoms with Gasteiger partial charge in [0, 0.05) is 30.9 Å². The van der Waals surface area contributed by atoms with Gasteiger partial charge in [-0.25, -0.2) is 9.78 Å². The Kier molecular flexibility index (Phi) is 3.95. The Balaban J connectivity index is 1.57. The highest BCUT2D eigenvalue weighted by Crippen LogP contribution is 2.30. The van der Waals surface area contributed by atoms with Crippen LogP contribution in [-0.2, 0) is 0 Å². The summed E-state index contributed by atoms with van der Waals surface area (Å²) < 4.78 is 1.90. The first-order valence-electron chi connectivity index (χ1n) is 8.61. The molecule has 0 bridgehead atoms. The number of nitrogens with zero attached hydrogens (tertiary/aromatic N) is 3. The van der Waals surface area contributed by atoms with Crippen LogP contribution in [0.25, 0.3) is 5.65 Å². The predicted molar refractivity (Wildman–Crippen MR) is 96.6 cm³/mol. The number of carbonyl (C=O) groups excluding carboxylic acids is 1. The molecule has 1 unspecified atom stereocenters. The number of fused-ring (bicyclic) bond motifs is 1. The lowest BCUT2D eigenvalue weighted by molar-refractivity contribution is 0.0695. The Morgan fingerprint density at radius 1 is 1.15 bits per heavy atom. The fraction of sp³-hybridized carbons (Fsp3) is 0.250. The Labute approximate surface area is 150 Å². The van der Waals surface area contributed by atoms with Crippen LogP contribution in [0.3, 0.4) is 0 Å². The zero-order valence-electron chi connectivity index (χ0n) is 14.4. The Hall–Kier alpha value is -3.15. The molecule has 0 saturated carbocycles. The Bertz CT molecular complexity index is 1010. The van der Waals surface area contributed by atoms with Gasteiger partial charge in [0.1, 0.15) is 11.3 Å². The molecule has 0 aliphatic carbocycles. The largest absolute Gasteiger partial charge is 0.478 e. The van der Waals surface area contributed by atoms with E-state index in [4.69, 9.17) is 0 Å². The fourth-order valence-electron chi connectivity index (χ4n) is 3.66. The van der Waals surface area contributed by atoms with Gasteiger partial charge in [0.05, 0.1) is 5.56 Å². The molecule has 1 aromatic carbocycles. The van der Waals surface area contributed by atoms with Crippen LogP contribution in [0.15, 0.2) is 48.7 Å². The van der Waals surface area contributed by atoms with E-state index in [1.54, 1.807) is 23.2 Å². The van der Waals surface area contributed by atoms with Gasteiger partial charge in [0.25, 0.3) is 5.91 Å². The molecule has 1 N–H and O–H groups in total. The number of aromatic nitrogens is 2. The van der Waals surface area contributed by atoms with E-state index < -0.39 is 5.97 Å². The second kappa shape index (κ2) is 6.29. The van der Waals surface area contributed by atoms with E-state index in [0.717, 1.165) is 23.3 Å². The molecular formula is C20H19N3O3. The molecule has 132 valence electrons. The highest BCUT2D eigenvalue weighted by Gasteiger charge is 2.31. The van der Waals surface area contributed by atoms with Crippen LogP contribution in [0.1, 0.15) is 44.4 Å². The zero-order valence-corrected chi connectivity index (χ0v) is 14.4. The highest BCUT2D eigenvalue weighted by atomic mass is 16.4. The summed E-state index contributed by atoms with van der Waals surface area (Å²) >= 11 is 0. The third-order valence-corrected chi connectivity index (χ3v) is 5.02. The minimum absolute atomic E-state index is 0.0324. The van der Waals surface area contributed by atoms with E-state index in [1.165, 1.54) is 0 Å². The smallest absolute Gasteiger partial charge is 0.335 e. The number of amides is 1. The normalized spacial score (nSPS) is 17.0. The molecule has 1 amide bonds. The van der Waals surface area contributed by atoms with Crippen LogP contribution < -0.4 is 0 Å². The summed E-state index contributed by atoms with van der Waals surface area (Å²) in [6.45, 7) is 3.08. The lowest BCUT2D eigenvalue weighted by Crippen LogP contribution is -2.28. The molecular weight excluding hydrogens is 330 g/mol. The van der Waals surface area contributed by atoms with Crippen molar-refractivity contribution in [2.24, 2.45) is 0 Å². The maximum atomic E-state index is 12.9. The first-order valence-corrected chi connectivity index (χ1v) is 8.61. The lowest BCUT2D eigenvalue weighted by atomic mass is 9.93. The van der Waals surface area contributed by atoms with Gasteiger partial charge in [-0.05, 0) is 37.1 Å². The van der Waals surface area contributed by atoms with Gasteiger partial charge in [-0.2, -0.15) is 0 Å². The zero-order chi connectivity index (χ0) is 18.3. The third kappa shape index (κ3) is 2.73. The molecule has 1 saturated heterocycles. The molecule has 3 aromatic rings. The number of hydrogen-bond donors (Lipinski definition) is 1. The number of aryl methyl sites for hydroxylation is 1. The number of hydrogen-bond acceptors (Lipinski definition) is 3. The van der Waals surface area contributed by atoms with E-state index in [9.17, 15) is 14.7 Å². The Morgan fingerprint density at radius 3 is 2.73 bits per heavy atom. The fourth-order valence-corrected chi connectivity index (χ4v) is 3.66. The van der Waals surface area contributed by atoms with Crippen molar-refractivity contribution in [2.75, 3.05) is 13.1 Å². The second-order valence-electron chi connectivity index (χ2n) is 6.65. The summed E-state index contributed by atoms with van der Waals surface area (Å²) in [5, 5.41) is 9.39. The lowest BCUT2D eigenvalue weighted by Gasteiger charge is -2.16. The van der Waals surface area contributed by atoms with E-state index in [2.05, 4.69) is 4.98 Å². The number of carboxylic acid groups (broad SMARTS) is 1. The minimum Gasteiger partial charge on any atom is -0.478 e. The average Bonchev–Trinajstić information content (AvgIpc) is 3.29. The summed E-state index contributed by atoms with van der Waals surface area (Å²) in [7, 11) is 0. The molecule has 1 fully saturated rings. The van der Waals surface area contributed by atoms with Crippen LogP contribution in [0.5, 0.6) is 0 Å². The molecule has 0 radical (unpaired) electrons. The van der Waals surface area contributed by atoms with Crippen LogP contribution in [0.4, 0.5) is 0 Å². The van der Waals surface area contributed by atoms with E-state index in [1.807, 2.05) is 41.7 Å². The van der Waals surface area contributed by atoms with Crippen molar-refractivity contribution in [1.82, 2.24) is 14.3 Å². The quantitative estimate of drug-likeness (QED) is 0.789. The van der Waals surface area contributed by atoms with E-state index in [0.29, 0.717) is 24.3 Å². The average molecular weight is 349 g/mol. The van der Waals surface area contributed by atoms with Gasteiger partial charge in [-0.15, -0.1) is 0 Å². The SMILES string of the molecule is Cc1cccc2nc(C(=O)N3CCC(c4ccccc4C(=O)O)C3)cn12. The van der Waals surface area contributed by atoms with Crippen LogP contribution in [0, 0.1) is 6.92 Å². The summed E-state index contributed by atoms with van der Waals surface area (Å²) in [6, 6.07) is 12.8. The summed E-state index contributed by atoms with van der Waals surface area (Å²) in [4.78, 5) is 30.5. The number of likely N-dealkylation sites (tertiary alicyclic amines) is 1. The second-order valence-corrected chi connectivity index (χ2v) is 6.65. The van der Waals surface area contributed by atoms with E-state index >= 15 is 0 Å². The molecule has 1 aliphatic heterocycles. The Morgan fingerprint density at radius 2 is 1.96 bits per heavy atom. The van der Waals surface area contributed by atoms with E-state index in [-0.39, 0.29) is 11.8 Å². The highest BCUT2D eigenvalue weighted by molar-refractivity contribution is 5.93. The van der Waals surface area contributed by atoms with Gasteiger partial charge >= 0.3 is 5.97 Å². The number of pyridine rings is 1. The summed E-state index contributed by atoms with van der Waals surface area (Å²) in [6.07, 6.45) is 2.52. The molecule has 2 aromatic heterocycles. The minimum atomic E-state index is -0.929. The monoisotopic (exact) mass is 349 g/mol. The van der Waals surface area contributed by atoms with Gasteiger partial charge in [-0.1, -0.05) is 24.3 Å². The third-order valence-electron chi connectivity index (χ3n) is 5.02. The number of carbonyl (C=O) groups is 2. The maximum absolute atomic E-state index is 12.9. The van der Waals surface area contributed by atoms with Crippen LogP contribution in [-0.4, -0.2) is 44.4 Å². The number of aromatic carboxylic acids is 1. The molecule has 1 aliphatic rings. The molecule has 1 atom stereocenters. The topological polar surface area (TPSA) is 74.9 Å². The van der Waals surface area contributed by atoms with Crippen molar-refractivity contribution in [3.05, 3.63) is 71.2 Å². The summed E-state index contributed by atoms with van der Waals surface area (Å²) in [5.41, 5.74) is 3.30. The van der Waals surface area contributed by atoms with Gasteiger partial charge in [0.2, 0.25) is 0 Å². The number of rotatable bonds is 3. The summed E-state index contributed by atoms with van der Waals surface area (Å²) in [5.74, 6) is -1.00. The molecule has 0 spiro atoms. The number of imidazole rings is 1. The number of benzene rings is 1. The molecule has 6 nitrogen and oxygen atoms in total.